The zero-order valence-corrected chi connectivity index (χ0v) is 16.5. The van der Waals surface area contributed by atoms with Gasteiger partial charge in [0.15, 0.2) is 0 Å². The molecule has 2 saturated heterocycles. The van der Waals surface area contributed by atoms with E-state index in [0.29, 0.717) is 12.6 Å². The Labute approximate surface area is 168 Å². The molecule has 1 atom stereocenters. The second-order valence-electron chi connectivity index (χ2n) is 8.05. The molecule has 0 aliphatic carbocycles. The summed E-state index contributed by atoms with van der Waals surface area (Å²) in [5.41, 5.74) is 2.27. The Kier molecular flexibility index (Phi) is 6.57. The lowest BCUT2D eigenvalue weighted by atomic mass is 9.98. The van der Waals surface area contributed by atoms with Crippen LogP contribution in [0.3, 0.4) is 0 Å². The summed E-state index contributed by atoms with van der Waals surface area (Å²) in [6.07, 6.45) is 6.19. The number of hydrogen-bond donors (Lipinski definition) is 1. The summed E-state index contributed by atoms with van der Waals surface area (Å²) in [6.45, 7) is 5.78. The Hall–Kier alpha value is -1.95. The van der Waals surface area contributed by atoms with Gasteiger partial charge in [-0.15, -0.1) is 0 Å². The van der Waals surface area contributed by atoms with Gasteiger partial charge in [0.25, 0.3) is 0 Å². The first-order valence-corrected chi connectivity index (χ1v) is 10.5. The van der Waals surface area contributed by atoms with Crippen molar-refractivity contribution >= 4 is 0 Å². The molecule has 5 nitrogen and oxygen atoms in total. The molecule has 0 bridgehead atoms. The topological polar surface area (TPSA) is 48.8 Å². The molecule has 3 heterocycles. The molecule has 0 spiro atoms. The molecule has 2 aromatic rings. The van der Waals surface area contributed by atoms with E-state index in [2.05, 4.69) is 39.0 Å². The second-order valence-corrected chi connectivity index (χ2v) is 8.05. The van der Waals surface area contributed by atoms with Crippen LogP contribution in [0, 0.1) is 0 Å². The molecule has 2 fully saturated rings. The van der Waals surface area contributed by atoms with E-state index in [0.717, 1.165) is 57.0 Å². The summed E-state index contributed by atoms with van der Waals surface area (Å²) in [7, 11) is 0. The van der Waals surface area contributed by atoms with Gasteiger partial charge in [0, 0.05) is 25.3 Å². The van der Waals surface area contributed by atoms with E-state index in [1.807, 2.05) is 18.2 Å². The van der Waals surface area contributed by atoms with Crippen molar-refractivity contribution in [3.8, 4) is 5.75 Å². The minimum atomic E-state index is -0.120. The first-order valence-electron chi connectivity index (χ1n) is 10.5. The maximum absolute atomic E-state index is 9.92. The zero-order valence-electron chi connectivity index (χ0n) is 16.5. The smallest absolute Gasteiger partial charge is 0.130 e. The number of nitrogens with zero attached hydrogens (tertiary/aromatic N) is 3. The third-order valence-electron chi connectivity index (χ3n) is 5.94. The number of ether oxygens (including phenoxy) is 1. The standard InChI is InChI=1S/C23H31N3O2/c27-22-5-3-13-26(17-22)21-10-14-25(15-11-21)16-19-6-8-23(9-7-19)28-18-20-4-1-2-12-24-20/h1-2,4,6-9,12,21-22,27H,3,5,10-11,13-18H2/t22-/m0/s1. The van der Waals surface area contributed by atoms with E-state index >= 15 is 0 Å². The summed E-state index contributed by atoms with van der Waals surface area (Å²) in [6, 6.07) is 15.0. The Morgan fingerprint density at radius 3 is 2.54 bits per heavy atom. The number of hydrogen-bond acceptors (Lipinski definition) is 5. The number of pyridine rings is 1. The van der Waals surface area contributed by atoms with E-state index in [9.17, 15) is 5.11 Å². The summed E-state index contributed by atoms with van der Waals surface area (Å²) >= 11 is 0. The van der Waals surface area contributed by atoms with E-state index in [-0.39, 0.29) is 6.10 Å². The maximum Gasteiger partial charge on any atom is 0.130 e. The molecule has 4 rings (SSSR count). The third-order valence-corrected chi connectivity index (χ3v) is 5.94. The lowest BCUT2D eigenvalue weighted by Gasteiger charge is -2.41. The molecule has 0 radical (unpaired) electrons. The normalized spacial score (nSPS) is 22.2. The van der Waals surface area contributed by atoms with Gasteiger partial charge in [-0.2, -0.15) is 0 Å². The first kappa shape index (κ1) is 19.4. The average Bonchev–Trinajstić information content (AvgIpc) is 2.75. The number of rotatable bonds is 6. The predicted octanol–water partition coefficient (Wildman–Crippen LogP) is 3.08. The van der Waals surface area contributed by atoms with Gasteiger partial charge in [0.05, 0.1) is 11.8 Å². The van der Waals surface area contributed by atoms with Crippen molar-refractivity contribution in [2.75, 3.05) is 26.2 Å². The summed E-state index contributed by atoms with van der Waals surface area (Å²) in [5.74, 6) is 0.886. The number of aromatic nitrogens is 1. The van der Waals surface area contributed by atoms with Crippen LogP contribution < -0.4 is 4.74 Å². The highest BCUT2D eigenvalue weighted by molar-refractivity contribution is 5.27. The fourth-order valence-corrected chi connectivity index (χ4v) is 4.35. The van der Waals surface area contributed by atoms with Crippen LogP contribution in [0.2, 0.25) is 0 Å². The van der Waals surface area contributed by atoms with Gasteiger partial charge in [-0.25, -0.2) is 0 Å². The molecule has 0 amide bonds. The highest BCUT2D eigenvalue weighted by Gasteiger charge is 2.28. The SMILES string of the molecule is O[C@H]1CCCN(C2CCN(Cc3ccc(OCc4ccccn4)cc3)CC2)C1. The van der Waals surface area contributed by atoms with Gasteiger partial charge in [0.1, 0.15) is 12.4 Å². The van der Waals surface area contributed by atoms with Crippen LogP contribution in [-0.4, -0.2) is 58.2 Å². The average molecular weight is 382 g/mol. The molecule has 0 unspecified atom stereocenters. The summed E-state index contributed by atoms with van der Waals surface area (Å²) < 4.78 is 5.82. The van der Waals surface area contributed by atoms with E-state index < -0.39 is 0 Å². The quantitative estimate of drug-likeness (QED) is 0.833. The molecular weight excluding hydrogens is 350 g/mol. The number of piperidine rings is 2. The van der Waals surface area contributed by atoms with Crippen molar-refractivity contribution in [1.29, 1.82) is 0 Å². The second kappa shape index (κ2) is 9.50. The molecular formula is C23H31N3O2. The number of benzene rings is 1. The van der Waals surface area contributed by atoms with Gasteiger partial charge in [-0.1, -0.05) is 18.2 Å². The summed E-state index contributed by atoms with van der Waals surface area (Å²) in [5, 5.41) is 9.92. The fourth-order valence-electron chi connectivity index (χ4n) is 4.35. The Morgan fingerprint density at radius 1 is 1.00 bits per heavy atom. The molecule has 28 heavy (non-hydrogen) atoms. The summed E-state index contributed by atoms with van der Waals surface area (Å²) in [4.78, 5) is 9.34. The molecule has 0 saturated carbocycles. The minimum absolute atomic E-state index is 0.120. The Bertz CT molecular complexity index is 714. The van der Waals surface area contributed by atoms with Crippen LogP contribution in [0.4, 0.5) is 0 Å². The fraction of sp³-hybridized carbons (Fsp3) is 0.522. The van der Waals surface area contributed by atoms with Gasteiger partial charge in [-0.05, 0) is 75.1 Å². The van der Waals surface area contributed by atoms with Gasteiger partial charge >= 0.3 is 0 Å². The highest BCUT2D eigenvalue weighted by Crippen LogP contribution is 2.23. The van der Waals surface area contributed by atoms with Crippen LogP contribution >= 0.6 is 0 Å². The van der Waals surface area contributed by atoms with Crippen LogP contribution in [0.25, 0.3) is 0 Å². The van der Waals surface area contributed by atoms with Crippen molar-refractivity contribution in [3.05, 3.63) is 59.9 Å². The molecule has 2 aliphatic heterocycles. The van der Waals surface area contributed by atoms with Gasteiger partial charge < -0.3 is 9.84 Å². The van der Waals surface area contributed by atoms with Crippen molar-refractivity contribution in [2.45, 2.75) is 51.0 Å². The van der Waals surface area contributed by atoms with Crippen molar-refractivity contribution in [1.82, 2.24) is 14.8 Å². The molecule has 1 aromatic carbocycles. The molecule has 5 heteroatoms. The van der Waals surface area contributed by atoms with E-state index in [1.165, 1.54) is 18.4 Å². The minimum Gasteiger partial charge on any atom is -0.487 e. The number of likely N-dealkylation sites (tertiary alicyclic amines) is 2. The molecule has 1 N–H and O–H groups in total. The number of β-amino-alcohol motifs (C(OH)–C–C–N with tert-alkyl or cyclic N) is 1. The first-order chi connectivity index (χ1) is 13.8. The Balaban J connectivity index is 1.22. The van der Waals surface area contributed by atoms with Crippen LogP contribution in [0.15, 0.2) is 48.7 Å². The highest BCUT2D eigenvalue weighted by atomic mass is 16.5. The van der Waals surface area contributed by atoms with Crippen LogP contribution in [-0.2, 0) is 13.2 Å². The predicted molar refractivity (Wildman–Crippen MR) is 110 cm³/mol. The molecule has 1 aromatic heterocycles. The van der Waals surface area contributed by atoms with Crippen molar-refractivity contribution in [3.63, 3.8) is 0 Å². The lowest BCUT2D eigenvalue weighted by molar-refractivity contribution is 0.0243. The van der Waals surface area contributed by atoms with Crippen LogP contribution in [0.5, 0.6) is 5.75 Å². The number of aliphatic hydroxyl groups is 1. The zero-order chi connectivity index (χ0) is 19.2. The largest absolute Gasteiger partial charge is 0.487 e. The van der Waals surface area contributed by atoms with E-state index in [1.54, 1.807) is 6.20 Å². The number of aliphatic hydroxyl groups excluding tert-OH is 1. The maximum atomic E-state index is 9.92. The molecule has 2 aliphatic rings. The lowest BCUT2D eigenvalue weighted by Crippen LogP contribution is -2.49. The van der Waals surface area contributed by atoms with Crippen LogP contribution in [0.1, 0.15) is 36.9 Å². The van der Waals surface area contributed by atoms with Crippen molar-refractivity contribution in [2.24, 2.45) is 0 Å². The molecule has 150 valence electrons. The van der Waals surface area contributed by atoms with E-state index in [4.69, 9.17) is 4.74 Å². The van der Waals surface area contributed by atoms with Gasteiger partial charge in [-0.3, -0.25) is 14.8 Å². The Morgan fingerprint density at radius 2 is 1.82 bits per heavy atom. The monoisotopic (exact) mass is 381 g/mol. The third kappa shape index (κ3) is 5.31. The van der Waals surface area contributed by atoms with Gasteiger partial charge in [0.2, 0.25) is 0 Å². The van der Waals surface area contributed by atoms with Crippen molar-refractivity contribution < 1.29 is 9.84 Å².